The van der Waals surface area contributed by atoms with Gasteiger partial charge in [-0.1, -0.05) is 13.8 Å². The zero-order chi connectivity index (χ0) is 23.1. The quantitative estimate of drug-likeness (QED) is 0.620. The summed E-state index contributed by atoms with van der Waals surface area (Å²) in [5.74, 6) is 1.51. The molecule has 0 aliphatic carbocycles. The predicted octanol–water partition coefficient (Wildman–Crippen LogP) is 2.84. The van der Waals surface area contributed by atoms with E-state index in [1.807, 2.05) is 18.3 Å². The number of H-pyrrole nitrogens is 1. The molecule has 0 bridgehead atoms. The van der Waals surface area contributed by atoms with Crippen LogP contribution in [0.2, 0.25) is 0 Å². The van der Waals surface area contributed by atoms with Gasteiger partial charge in [0.2, 0.25) is 5.95 Å². The first-order valence-corrected chi connectivity index (χ1v) is 11.5. The Morgan fingerprint density at radius 1 is 1.24 bits per heavy atom. The van der Waals surface area contributed by atoms with Crippen LogP contribution in [0.1, 0.15) is 42.1 Å². The predicted molar refractivity (Wildman–Crippen MR) is 128 cm³/mol. The van der Waals surface area contributed by atoms with Gasteiger partial charge in [0.05, 0.1) is 29.8 Å². The first-order valence-electron chi connectivity index (χ1n) is 11.5. The van der Waals surface area contributed by atoms with Crippen LogP contribution in [0.25, 0.3) is 10.9 Å². The van der Waals surface area contributed by atoms with E-state index in [0.29, 0.717) is 29.5 Å². The maximum absolute atomic E-state index is 13.1. The molecule has 1 aromatic carbocycles. The number of nitrogens with one attached hydrogen (secondary N) is 1. The number of aromatic amines is 1. The second-order valence-electron chi connectivity index (χ2n) is 9.27. The summed E-state index contributed by atoms with van der Waals surface area (Å²) in [6.07, 6.45) is 3.10. The number of methoxy groups -OCH3 is 2. The average molecular weight is 450 g/mol. The molecule has 0 atom stereocenters. The van der Waals surface area contributed by atoms with E-state index < -0.39 is 0 Å². The molecule has 1 fully saturated rings. The van der Waals surface area contributed by atoms with Crippen molar-refractivity contribution < 1.29 is 9.47 Å². The van der Waals surface area contributed by atoms with Gasteiger partial charge >= 0.3 is 0 Å². The fourth-order valence-corrected chi connectivity index (χ4v) is 4.88. The molecule has 5 rings (SSSR count). The lowest BCUT2D eigenvalue weighted by molar-refractivity contribution is -0.0340. The van der Waals surface area contributed by atoms with Gasteiger partial charge in [0.1, 0.15) is 5.75 Å². The van der Waals surface area contributed by atoms with E-state index in [1.165, 1.54) is 11.1 Å². The lowest BCUT2D eigenvalue weighted by Crippen LogP contribution is -2.51. The summed E-state index contributed by atoms with van der Waals surface area (Å²) in [5.41, 5.74) is 5.23. The van der Waals surface area contributed by atoms with Crippen molar-refractivity contribution in [3.63, 3.8) is 0 Å². The minimum Gasteiger partial charge on any atom is -0.497 e. The van der Waals surface area contributed by atoms with Crippen LogP contribution in [-0.2, 0) is 24.2 Å². The monoisotopic (exact) mass is 449 g/mol. The number of likely N-dealkylation sites (tertiary alicyclic amines) is 1. The van der Waals surface area contributed by atoms with Crippen molar-refractivity contribution in [2.75, 3.05) is 38.8 Å². The fraction of sp³-hybridized carbons (Fsp3) is 0.480. The van der Waals surface area contributed by atoms with Crippen LogP contribution in [0.4, 0.5) is 5.95 Å². The molecule has 1 N–H and O–H groups in total. The van der Waals surface area contributed by atoms with Crippen LogP contribution >= 0.6 is 0 Å². The van der Waals surface area contributed by atoms with Crippen LogP contribution in [0.5, 0.6) is 5.75 Å². The molecule has 0 radical (unpaired) electrons. The Bertz CT molecular complexity index is 1230. The highest BCUT2D eigenvalue weighted by Crippen LogP contribution is 2.30. The molecule has 8 heteroatoms. The van der Waals surface area contributed by atoms with Crippen molar-refractivity contribution in [2.45, 2.75) is 45.4 Å². The molecule has 174 valence electrons. The van der Waals surface area contributed by atoms with Crippen molar-refractivity contribution in [2.24, 2.45) is 0 Å². The van der Waals surface area contributed by atoms with Gasteiger partial charge in [-0.3, -0.25) is 19.7 Å². The molecule has 4 heterocycles. The highest BCUT2D eigenvalue weighted by Gasteiger charge is 2.29. The minimum absolute atomic E-state index is 0.104. The third-order valence-corrected chi connectivity index (χ3v) is 6.82. The zero-order valence-electron chi connectivity index (χ0n) is 19.7. The summed E-state index contributed by atoms with van der Waals surface area (Å²) in [7, 11) is 3.41. The topological polar surface area (TPSA) is 83.6 Å². The van der Waals surface area contributed by atoms with E-state index in [0.717, 1.165) is 49.6 Å². The molecule has 0 unspecified atom stereocenters. The molecule has 8 nitrogen and oxygen atoms in total. The van der Waals surface area contributed by atoms with Crippen LogP contribution in [0.15, 0.2) is 29.2 Å². The molecule has 2 aliphatic rings. The number of anilines is 1. The van der Waals surface area contributed by atoms with Crippen molar-refractivity contribution in [3.05, 3.63) is 57.1 Å². The number of benzene rings is 1. The summed E-state index contributed by atoms with van der Waals surface area (Å²) in [4.78, 5) is 30.2. The summed E-state index contributed by atoms with van der Waals surface area (Å²) < 4.78 is 10.9. The van der Waals surface area contributed by atoms with Gasteiger partial charge in [-0.25, -0.2) is 4.98 Å². The molecule has 2 aromatic heterocycles. The van der Waals surface area contributed by atoms with Gasteiger partial charge in [0, 0.05) is 52.1 Å². The Morgan fingerprint density at radius 2 is 2.06 bits per heavy atom. The number of nitrogens with zero attached hydrogens (tertiary/aromatic N) is 4. The van der Waals surface area contributed by atoms with Gasteiger partial charge in [0.15, 0.2) is 0 Å². The van der Waals surface area contributed by atoms with Crippen molar-refractivity contribution in [1.29, 1.82) is 0 Å². The first kappa shape index (κ1) is 21.9. The number of pyridine rings is 1. The van der Waals surface area contributed by atoms with Gasteiger partial charge in [-0.2, -0.15) is 0 Å². The number of aromatic nitrogens is 3. The normalized spacial score (nSPS) is 16.8. The summed E-state index contributed by atoms with van der Waals surface area (Å²) in [6.45, 7) is 8.39. The molecule has 33 heavy (non-hydrogen) atoms. The fourth-order valence-electron chi connectivity index (χ4n) is 4.88. The number of ether oxygens (including phenoxy) is 2. The van der Waals surface area contributed by atoms with E-state index in [1.54, 1.807) is 14.2 Å². The summed E-state index contributed by atoms with van der Waals surface area (Å²) >= 11 is 0. The summed E-state index contributed by atoms with van der Waals surface area (Å²) in [5, 5.41) is 0.641. The third kappa shape index (κ3) is 4.09. The smallest absolute Gasteiger partial charge is 0.260 e. The average Bonchev–Trinajstić information content (AvgIpc) is 2.79. The summed E-state index contributed by atoms with van der Waals surface area (Å²) in [6, 6.07) is 5.86. The molecule has 0 spiro atoms. The largest absolute Gasteiger partial charge is 0.497 e. The zero-order valence-corrected chi connectivity index (χ0v) is 19.7. The maximum Gasteiger partial charge on any atom is 0.260 e. The van der Waals surface area contributed by atoms with E-state index in [4.69, 9.17) is 14.5 Å². The maximum atomic E-state index is 13.1. The highest BCUT2D eigenvalue weighted by molar-refractivity contribution is 5.84. The van der Waals surface area contributed by atoms with E-state index >= 15 is 0 Å². The van der Waals surface area contributed by atoms with Gasteiger partial charge in [0.25, 0.3) is 5.56 Å². The Labute approximate surface area is 193 Å². The lowest BCUT2D eigenvalue weighted by atomic mass is 9.97. The molecular formula is C25H31N5O3. The molecule has 2 aliphatic heterocycles. The van der Waals surface area contributed by atoms with Crippen LogP contribution < -0.4 is 15.2 Å². The van der Waals surface area contributed by atoms with E-state index in [-0.39, 0.29) is 11.5 Å². The van der Waals surface area contributed by atoms with E-state index in [9.17, 15) is 4.79 Å². The number of hydrogen-bond donors (Lipinski definition) is 1. The number of fused-ring (bicyclic) bond motifs is 2. The second kappa shape index (κ2) is 8.76. The first-order chi connectivity index (χ1) is 16.0. The number of rotatable bonds is 6. The van der Waals surface area contributed by atoms with Crippen molar-refractivity contribution in [1.82, 2.24) is 19.9 Å². The third-order valence-electron chi connectivity index (χ3n) is 6.82. The standard InChI is InChI=1S/C25H31N5O3/c1-15(2)20-9-17(32-3)10-21-23(20)24(31)28-25(27-21)30-8-6-19-16(11-30)5-7-26-22(19)14-29-12-18(13-29)33-4/h5,7,9-10,15,18H,6,8,11-14H2,1-4H3,(H,27,28,31). The lowest BCUT2D eigenvalue weighted by Gasteiger charge is -2.38. The molecule has 3 aromatic rings. The molecule has 0 amide bonds. The van der Waals surface area contributed by atoms with Crippen LogP contribution in [0.3, 0.4) is 0 Å². The second-order valence-corrected chi connectivity index (χ2v) is 9.27. The molecule has 1 saturated heterocycles. The van der Waals surface area contributed by atoms with Crippen LogP contribution in [-0.4, -0.2) is 59.8 Å². The van der Waals surface area contributed by atoms with Crippen LogP contribution in [0, 0.1) is 0 Å². The van der Waals surface area contributed by atoms with Gasteiger partial charge in [-0.05, 0) is 41.2 Å². The Balaban J connectivity index is 1.43. The van der Waals surface area contributed by atoms with E-state index in [2.05, 4.69) is 39.7 Å². The Hall–Kier alpha value is -2.97. The Morgan fingerprint density at radius 3 is 2.79 bits per heavy atom. The molecule has 0 saturated carbocycles. The minimum atomic E-state index is -0.104. The highest BCUT2D eigenvalue weighted by atomic mass is 16.5. The van der Waals surface area contributed by atoms with Gasteiger partial charge < -0.3 is 14.4 Å². The van der Waals surface area contributed by atoms with Crippen molar-refractivity contribution >= 4 is 16.9 Å². The van der Waals surface area contributed by atoms with Gasteiger partial charge in [-0.15, -0.1) is 0 Å². The molecular weight excluding hydrogens is 418 g/mol. The Kier molecular flexibility index (Phi) is 5.80. The SMILES string of the molecule is COc1cc(C(C)C)c2c(=O)[nH]c(N3CCc4c(ccnc4CN4CC(OC)C4)C3)nc2c1. The number of hydrogen-bond acceptors (Lipinski definition) is 7. The van der Waals surface area contributed by atoms with Crippen molar-refractivity contribution in [3.8, 4) is 5.75 Å².